The maximum atomic E-state index is 14.4. The van der Waals surface area contributed by atoms with Gasteiger partial charge in [-0.05, 0) is 37.7 Å². The molecule has 136 valence electrons. The molecule has 0 aliphatic carbocycles. The molecule has 7 heteroatoms. The molecule has 1 fully saturated rings. The van der Waals surface area contributed by atoms with Gasteiger partial charge in [-0.15, -0.1) is 0 Å². The predicted molar refractivity (Wildman–Crippen MR) is 97.8 cm³/mol. The van der Waals surface area contributed by atoms with Gasteiger partial charge in [0, 0.05) is 11.3 Å². The molecule has 3 rings (SSSR count). The van der Waals surface area contributed by atoms with Gasteiger partial charge >= 0.3 is 6.18 Å². The van der Waals surface area contributed by atoms with E-state index in [0.29, 0.717) is 17.4 Å². The van der Waals surface area contributed by atoms with Crippen LogP contribution in [0.5, 0.6) is 0 Å². The van der Waals surface area contributed by atoms with Crippen molar-refractivity contribution >= 4 is 22.7 Å². The van der Waals surface area contributed by atoms with Crippen molar-refractivity contribution < 1.29 is 18.0 Å². The number of aryl methyl sites for hydroxylation is 2. The van der Waals surface area contributed by atoms with Crippen molar-refractivity contribution in [1.82, 2.24) is 5.32 Å². The van der Waals surface area contributed by atoms with Gasteiger partial charge in [0.2, 0.25) is 5.66 Å². The summed E-state index contributed by atoms with van der Waals surface area (Å²) in [4.78, 5) is 13.1. The fourth-order valence-corrected chi connectivity index (χ4v) is 3.70. The van der Waals surface area contributed by atoms with Gasteiger partial charge in [0.15, 0.2) is 0 Å². The summed E-state index contributed by atoms with van der Waals surface area (Å²) in [5.41, 5.74) is -0.767. The summed E-state index contributed by atoms with van der Waals surface area (Å²) in [6.45, 7) is 7.36. The first kappa shape index (κ1) is 18.4. The van der Waals surface area contributed by atoms with Gasteiger partial charge < -0.3 is 10.2 Å². The van der Waals surface area contributed by atoms with E-state index in [9.17, 15) is 18.0 Å². The third-order valence-electron chi connectivity index (χ3n) is 4.25. The lowest BCUT2D eigenvalue weighted by Gasteiger charge is -2.49. The molecule has 1 unspecified atom stereocenters. The quantitative estimate of drug-likeness (QED) is 0.754. The number of hydrogen-bond acceptors (Lipinski definition) is 3. The highest BCUT2D eigenvalue weighted by molar-refractivity contribution is 8.17. The summed E-state index contributed by atoms with van der Waals surface area (Å²) in [6, 6.07) is 12.6. The van der Waals surface area contributed by atoms with Gasteiger partial charge in [-0.2, -0.15) is 13.2 Å². The van der Waals surface area contributed by atoms with E-state index < -0.39 is 17.1 Å². The first-order valence-electron chi connectivity index (χ1n) is 7.85. The fraction of sp³-hybridized carbons (Fsp3) is 0.211. The van der Waals surface area contributed by atoms with Crippen LogP contribution in [0.4, 0.5) is 23.7 Å². The van der Waals surface area contributed by atoms with Crippen molar-refractivity contribution in [2.45, 2.75) is 25.7 Å². The summed E-state index contributed by atoms with van der Waals surface area (Å²) in [6.07, 6.45) is -4.78. The maximum Gasteiger partial charge on any atom is 0.435 e. The van der Waals surface area contributed by atoms with Crippen LogP contribution < -0.4 is 10.2 Å². The van der Waals surface area contributed by atoms with Gasteiger partial charge in [-0.1, -0.05) is 54.1 Å². The maximum absolute atomic E-state index is 14.4. The highest BCUT2D eigenvalue weighted by Gasteiger charge is 2.64. The van der Waals surface area contributed by atoms with E-state index >= 15 is 0 Å². The van der Waals surface area contributed by atoms with Crippen LogP contribution in [0.15, 0.2) is 60.1 Å². The number of nitrogens with zero attached hydrogens (tertiary/aromatic N) is 1. The molecular formula is C19H17F3N2OS. The molecule has 1 saturated heterocycles. The van der Waals surface area contributed by atoms with Crippen molar-refractivity contribution in [2.75, 3.05) is 4.90 Å². The zero-order chi connectivity index (χ0) is 19.1. The molecule has 1 atom stereocenters. The molecule has 1 amide bonds. The average Bonchev–Trinajstić information content (AvgIpc) is 2.55. The lowest BCUT2D eigenvalue weighted by molar-refractivity contribution is -0.195. The molecule has 26 heavy (non-hydrogen) atoms. The number of hydrogen-bond donors (Lipinski definition) is 1. The second kappa shape index (κ2) is 6.39. The Bertz CT molecular complexity index is 847. The van der Waals surface area contributed by atoms with Crippen LogP contribution in [-0.2, 0) is 5.66 Å². The Morgan fingerprint density at radius 1 is 1.00 bits per heavy atom. The minimum absolute atomic E-state index is 0.00973. The molecular weight excluding hydrogens is 361 g/mol. The number of halogens is 3. The molecule has 0 saturated carbocycles. The summed E-state index contributed by atoms with van der Waals surface area (Å²) in [5, 5.41) is 1.38. The number of amides is 1. The van der Waals surface area contributed by atoms with Crippen LogP contribution in [0.1, 0.15) is 16.7 Å². The minimum Gasteiger partial charge on any atom is -0.312 e. The normalized spacial score (nSPS) is 20.9. The lowest BCUT2D eigenvalue weighted by atomic mass is 9.94. The van der Waals surface area contributed by atoms with E-state index in [-0.39, 0.29) is 10.6 Å². The average molecular weight is 378 g/mol. The number of nitrogens with one attached hydrogen (secondary N) is 1. The van der Waals surface area contributed by atoms with Crippen LogP contribution >= 0.6 is 11.8 Å². The van der Waals surface area contributed by atoms with E-state index in [1.54, 1.807) is 43.3 Å². The topological polar surface area (TPSA) is 32.3 Å². The van der Waals surface area contributed by atoms with Gasteiger partial charge in [-0.25, -0.2) is 0 Å². The Labute approximate surface area is 153 Å². The first-order chi connectivity index (χ1) is 12.1. The number of carbonyl (C=O) groups excluding carboxylic acids is 1. The van der Waals surface area contributed by atoms with Gasteiger partial charge in [0.05, 0.1) is 5.03 Å². The lowest BCUT2D eigenvalue weighted by Crippen LogP contribution is -2.67. The third kappa shape index (κ3) is 2.96. The standard InChI is InChI=1S/C19H17F3N2OS/c1-12-4-8-15(9-5-12)18(19(20,21)22)23-17(25)26-14(3)24(18)16-10-6-13(2)7-11-16/h4-11H,3H2,1-2H3,(H,23,25). The van der Waals surface area contributed by atoms with Crippen LogP contribution in [0.25, 0.3) is 0 Å². The molecule has 1 aliphatic heterocycles. The number of thioether (sulfide) groups is 1. The number of alkyl halides is 3. The van der Waals surface area contributed by atoms with E-state index in [1.165, 1.54) is 12.1 Å². The van der Waals surface area contributed by atoms with Gasteiger partial charge in [0.1, 0.15) is 0 Å². The Kier molecular flexibility index (Phi) is 4.52. The largest absolute Gasteiger partial charge is 0.435 e. The zero-order valence-corrected chi connectivity index (χ0v) is 15.0. The summed E-state index contributed by atoms with van der Waals surface area (Å²) in [5.74, 6) is 0. The summed E-state index contributed by atoms with van der Waals surface area (Å²) in [7, 11) is 0. The Hall–Kier alpha value is -2.41. The SMILES string of the molecule is C=C1SC(=O)NC(c2ccc(C)cc2)(C(F)(F)F)N1c1ccc(C)cc1. The number of anilines is 1. The van der Waals surface area contributed by atoms with E-state index in [4.69, 9.17) is 0 Å². The first-order valence-corrected chi connectivity index (χ1v) is 8.66. The Morgan fingerprint density at radius 2 is 1.50 bits per heavy atom. The highest BCUT2D eigenvalue weighted by Crippen LogP contribution is 2.50. The predicted octanol–water partition coefficient (Wildman–Crippen LogP) is 5.45. The van der Waals surface area contributed by atoms with Crippen LogP contribution in [0.2, 0.25) is 0 Å². The van der Waals surface area contributed by atoms with E-state index in [2.05, 4.69) is 11.9 Å². The number of rotatable bonds is 2. The van der Waals surface area contributed by atoms with E-state index in [1.807, 2.05) is 6.92 Å². The molecule has 0 spiro atoms. The Morgan fingerprint density at radius 3 is 2.00 bits per heavy atom. The van der Waals surface area contributed by atoms with Gasteiger partial charge in [0.25, 0.3) is 5.24 Å². The summed E-state index contributed by atoms with van der Waals surface area (Å²) < 4.78 is 43.3. The van der Waals surface area contributed by atoms with Crippen molar-refractivity contribution in [3.63, 3.8) is 0 Å². The molecule has 0 aromatic heterocycles. The smallest absolute Gasteiger partial charge is 0.312 e. The van der Waals surface area contributed by atoms with Crippen molar-refractivity contribution in [2.24, 2.45) is 0 Å². The fourth-order valence-electron chi connectivity index (χ4n) is 2.96. The molecule has 2 aromatic carbocycles. The van der Waals surface area contributed by atoms with Crippen molar-refractivity contribution in [1.29, 1.82) is 0 Å². The Balaban J connectivity index is 2.28. The van der Waals surface area contributed by atoms with Gasteiger partial charge in [-0.3, -0.25) is 4.79 Å². The van der Waals surface area contributed by atoms with Crippen molar-refractivity contribution in [3.05, 3.63) is 76.8 Å². The third-order valence-corrected chi connectivity index (χ3v) is 4.96. The second-order valence-corrected chi connectivity index (χ2v) is 7.20. The molecule has 1 N–H and O–H groups in total. The summed E-state index contributed by atoms with van der Waals surface area (Å²) >= 11 is 0.646. The number of benzene rings is 2. The molecule has 1 heterocycles. The highest BCUT2D eigenvalue weighted by atomic mass is 32.2. The van der Waals surface area contributed by atoms with E-state index in [0.717, 1.165) is 16.0 Å². The molecule has 2 aromatic rings. The monoisotopic (exact) mass is 378 g/mol. The molecule has 1 aliphatic rings. The van der Waals surface area contributed by atoms with Crippen LogP contribution in [-0.4, -0.2) is 11.4 Å². The van der Waals surface area contributed by atoms with Crippen LogP contribution in [0.3, 0.4) is 0 Å². The van der Waals surface area contributed by atoms with Crippen molar-refractivity contribution in [3.8, 4) is 0 Å². The zero-order valence-electron chi connectivity index (χ0n) is 14.2. The molecule has 0 radical (unpaired) electrons. The van der Waals surface area contributed by atoms with Crippen LogP contribution in [0, 0.1) is 13.8 Å². The molecule has 0 bridgehead atoms. The minimum atomic E-state index is -4.78. The number of carbonyl (C=O) groups is 1. The second-order valence-electron chi connectivity index (χ2n) is 6.15. The molecule has 3 nitrogen and oxygen atoms in total.